The molecule has 0 aliphatic carbocycles. The SMILES string of the molecule is CCOP(=O)(N=S1(=O)CCN(C(=O)N(Cc2ccc(-c3nnc(C(F)F)o3)cc2F)c2ccc(F)c(F)c2)CC1)OCC. The van der Waals surface area contributed by atoms with Crippen LogP contribution in [0.3, 0.4) is 0 Å². The van der Waals surface area contributed by atoms with Crippen molar-refractivity contribution in [1.29, 1.82) is 0 Å². The molecule has 0 bridgehead atoms. The normalized spacial score (nSPS) is 15.1. The van der Waals surface area contributed by atoms with Crippen molar-refractivity contribution in [2.45, 2.75) is 26.8 Å². The number of nitrogens with zero attached hydrogens (tertiary/aromatic N) is 5. The lowest BCUT2D eigenvalue weighted by Crippen LogP contribution is -2.49. The monoisotopic (exact) mass is 651 g/mol. The second kappa shape index (κ2) is 13.5. The van der Waals surface area contributed by atoms with Crippen molar-refractivity contribution in [3.63, 3.8) is 0 Å². The summed E-state index contributed by atoms with van der Waals surface area (Å²) in [4.78, 5) is 15.9. The standard InChI is InChI=1S/C25H27F5N5O6PS/c1-3-39-42(37,40-4-2)33-43(38)11-9-34(10-12-43)25(36)35(18-7-8-19(26)21(28)14-18)15-17-6-5-16(13-20(17)27)23-31-32-24(41-23)22(29)30/h5-8,13-14,22H,3-4,9-12,15H2,1-2H3. The lowest BCUT2D eigenvalue weighted by Gasteiger charge is -2.34. The second-order valence-corrected chi connectivity index (χ2v) is 13.5. The average molecular weight is 652 g/mol. The fourth-order valence-corrected chi connectivity index (χ4v) is 8.53. The van der Waals surface area contributed by atoms with Crippen LogP contribution in [0.5, 0.6) is 0 Å². The number of benzene rings is 2. The molecule has 1 aromatic heterocycles. The van der Waals surface area contributed by atoms with E-state index in [1.54, 1.807) is 13.8 Å². The lowest BCUT2D eigenvalue weighted by atomic mass is 10.1. The molecule has 0 saturated carbocycles. The van der Waals surface area contributed by atoms with Gasteiger partial charge in [-0.15, -0.1) is 14.3 Å². The fourth-order valence-electron chi connectivity index (χ4n) is 4.10. The van der Waals surface area contributed by atoms with Crippen LogP contribution in [0.15, 0.2) is 44.9 Å². The van der Waals surface area contributed by atoms with E-state index in [1.165, 1.54) is 17.0 Å². The summed E-state index contributed by atoms with van der Waals surface area (Å²) in [5.41, 5.74) is -0.170. The van der Waals surface area contributed by atoms with Crippen LogP contribution in [0.25, 0.3) is 11.5 Å². The van der Waals surface area contributed by atoms with Crippen molar-refractivity contribution in [3.8, 4) is 11.5 Å². The molecule has 2 heterocycles. The maximum Gasteiger partial charge on any atom is 0.461 e. The van der Waals surface area contributed by atoms with Crippen molar-refractivity contribution in [2.24, 2.45) is 4.13 Å². The quantitative estimate of drug-likeness (QED) is 0.188. The van der Waals surface area contributed by atoms with Gasteiger partial charge in [-0.25, -0.2) is 26.7 Å². The van der Waals surface area contributed by atoms with Crippen molar-refractivity contribution in [2.75, 3.05) is 42.7 Å². The summed E-state index contributed by atoms with van der Waals surface area (Å²) in [5.74, 6) is -4.94. The van der Waals surface area contributed by atoms with Crippen LogP contribution in [-0.4, -0.2) is 63.1 Å². The van der Waals surface area contributed by atoms with E-state index >= 15 is 4.39 Å². The van der Waals surface area contributed by atoms with Gasteiger partial charge < -0.3 is 9.32 Å². The van der Waals surface area contributed by atoms with Crippen molar-refractivity contribution < 1.29 is 49.0 Å². The molecule has 0 N–H and O–H groups in total. The molecule has 1 aliphatic heterocycles. The third-order valence-corrected chi connectivity index (χ3v) is 11.0. The number of hydrogen-bond donors (Lipinski definition) is 0. The summed E-state index contributed by atoms with van der Waals surface area (Å²) in [7, 11) is -7.09. The first-order valence-corrected chi connectivity index (χ1v) is 16.3. The highest BCUT2D eigenvalue weighted by molar-refractivity contribution is 7.96. The van der Waals surface area contributed by atoms with Gasteiger partial charge in [-0.1, -0.05) is 6.07 Å². The molecule has 0 unspecified atom stereocenters. The van der Waals surface area contributed by atoms with E-state index in [4.69, 9.17) is 13.5 Å². The number of hydrogen-bond acceptors (Lipinski definition) is 8. The smallest absolute Gasteiger partial charge is 0.415 e. The summed E-state index contributed by atoms with van der Waals surface area (Å²) >= 11 is 0. The first-order valence-electron chi connectivity index (χ1n) is 12.9. The number of aromatic nitrogens is 2. The summed E-state index contributed by atoms with van der Waals surface area (Å²) in [6, 6.07) is 5.47. The number of carbonyl (C=O) groups is 1. The van der Waals surface area contributed by atoms with Crippen LogP contribution in [0.1, 0.15) is 31.7 Å². The number of halogens is 5. The first-order chi connectivity index (χ1) is 20.4. The van der Waals surface area contributed by atoms with Gasteiger partial charge in [0.1, 0.15) is 5.82 Å². The minimum Gasteiger partial charge on any atom is -0.415 e. The molecule has 4 rings (SSSR count). The van der Waals surface area contributed by atoms with E-state index < -0.39 is 59.8 Å². The summed E-state index contributed by atoms with van der Waals surface area (Å²) < 4.78 is 114. The lowest BCUT2D eigenvalue weighted by molar-refractivity contribution is 0.116. The van der Waals surface area contributed by atoms with Crippen LogP contribution in [0, 0.1) is 17.5 Å². The minimum absolute atomic E-state index is 0.00251. The molecule has 0 radical (unpaired) electrons. The van der Waals surface area contributed by atoms with Gasteiger partial charge >= 0.3 is 20.2 Å². The van der Waals surface area contributed by atoms with Crippen LogP contribution in [-0.2, 0) is 29.9 Å². The number of anilines is 1. The zero-order valence-corrected chi connectivity index (χ0v) is 24.6. The number of urea groups is 1. The maximum absolute atomic E-state index is 15.2. The Morgan fingerprint density at radius 1 is 1.05 bits per heavy atom. The van der Waals surface area contributed by atoms with Gasteiger partial charge in [0.05, 0.1) is 41.0 Å². The molecule has 2 aromatic carbocycles. The van der Waals surface area contributed by atoms with Crippen molar-refractivity contribution in [1.82, 2.24) is 15.1 Å². The maximum atomic E-state index is 15.2. The van der Waals surface area contributed by atoms with Crippen LogP contribution in [0.4, 0.5) is 32.4 Å². The van der Waals surface area contributed by atoms with E-state index in [1.807, 2.05) is 0 Å². The van der Waals surface area contributed by atoms with Crippen LogP contribution in [0.2, 0.25) is 0 Å². The Morgan fingerprint density at radius 2 is 1.72 bits per heavy atom. The van der Waals surface area contributed by atoms with Gasteiger partial charge in [-0.05, 0) is 38.1 Å². The molecule has 1 aliphatic rings. The highest BCUT2D eigenvalue weighted by atomic mass is 32.2. The van der Waals surface area contributed by atoms with Crippen molar-refractivity contribution in [3.05, 3.63) is 65.3 Å². The van der Waals surface area contributed by atoms with E-state index in [0.29, 0.717) is 0 Å². The van der Waals surface area contributed by atoms with Gasteiger partial charge in [0.25, 0.3) is 5.89 Å². The van der Waals surface area contributed by atoms with E-state index in [9.17, 15) is 31.1 Å². The summed E-state index contributed by atoms with van der Waals surface area (Å²) in [6.45, 7) is 2.47. The molecule has 1 saturated heterocycles. The zero-order valence-electron chi connectivity index (χ0n) is 22.9. The Hall–Kier alpha value is -3.40. The molecule has 11 nitrogen and oxygen atoms in total. The molecule has 2 amide bonds. The van der Waals surface area contributed by atoms with Gasteiger partial charge in [0.15, 0.2) is 11.6 Å². The average Bonchev–Trinajstić information content (AvgIpc) is 3.45. The summed E-state index contributed by atoms with van der Waals surface area (Å²) in [6.07, 6.45) is -3.02. The first kappa shape index (κ1) is 32.5. The number of amides is 2. The molecule has 3 aromatic rings. The molecule has 43 heavy (non-hydrogen) atoms. The molecular formula is C25H27F5N5O6PS. The third-order valence-electron chi connectivity index (χ3n) is 6.17. The molecule has 0 atom stereocenters. The molecule has 18 heteroatoms. The Bertz CT molecular complexity index is 1630. The molecule has 1 fully saturated rings. The van der Waals surface area contributed by atoms with Gasteiger partial charge in [-0.2, -0.15) is 8.78 Å². The molecule has 0 spiro atoms. The largest absolute Gasteiger partial charge is 0.461 e. The number of rotatable bonds is 10. The highest BCUT2D eigenvalue weighted by Gasteiger charge is 2.33. The van der Waals surface area contributed by atoms with Crippen LogP contribution < -0.4 is 4.90 Å². The van der Waals surface area contributed by atoms with E-state index in [-0.39, 0.29) is 60.5 Å². The van der Waals surface area contributed by atoms with Gasteiger partial charge in [0, 0.05) is 36.0 Å². The van der Waals surface area contributed by atoms with E-state index in [2.05, 4.69) is 14.3 Å². The Balaban J connectivity index is 1.59. The third kappa shape index (κ3) is 7.77. The Morgan fingerprint density at radius 3 is 2.28 bits per heavy atom. The van der Waals surface area contributed by atoms with E-state index in [0.717, 1.165) is 29.2 Å². The predicted octanol–water partition coefficient (Wildman–Crippen LogP) is 6.18. The van der Waals surface area contributed by atoms with Crippen molar-refractivity contribution >= 4 is 29.2 Å². The number of carbonyl (C=O) groups excluding carboxylic acids is 1. The predicted molar refractivity (Wildman–Crippen MR) is 145 cm³/mol. The minimum atomic E-state index is -3.99. The van der Waals surface area contributed by atoms with Gasteiger partial charge in [-0.3, -0.25) is 13.9 Å². The van der Waals surface area contributed by atoms with Gasteiger partial charge in [0.2, 0.25) is 5.89 Å². The summed E-state index contributed by atoms with van der Waals surface area (Å²) in [5, 5.41) is 6.67. The zero-order chi connectivity index (χ0) is 31.4. The highest BCUT2D eigenvalue weighted by Crippen LogP contribution is 2.51. The molecule has 234 valence electrons. The fraction of sp³-hybridized carbons (Fsp3) is 0.400. The second-order valence-electron chi connectivity index (χ2n) is 9.07. The number of alkyl halides is 2. The topological polar surface area (TPSA) is 127 Å². The Labute approximate surface area is 243 Å². The Kier molecular flexibility index (Phi) is 10.2. The molecular weight excluding hydrogens is 624 g/mol. The van der Waals surface area contributed by atoms with Crippen LogP contribution >= 0.6 is 7.75 Å².